The number of rotatable bonds is 6. The molecule has 3 atom stereocenters. The van der Waals surface area contributed by atoms with Crippen LogP contribution in [0.25, 0.3) is 6.08 Å². The van der Waals surface area contributed by atoms with Gasteiger partial charge in [0.25, 0.3) is 5.69 Å². The van der Waals surface area contributed by atoms with E-state index in [1.165, 1.54) is 38.5 Å². The summed E-state index contributed by atoms with van der Waals surface area (Å²) in [6, 6.07) is 22.8. The third-order valence-corrected chi connectivity index (χ3v) is 9.10. The van der Waals surface area contributed by atoms with Crippen molar-refractivity contribution in [2.24, 2.45) is 5.41 Å². The molecule has 0 radical (unpaired) electrons. The average molecular weight is 587 g/mol. The number of ketones is 3. The highest BCUT2D eigenvalue weighted by Crippen LogP contribution is 2.62. The number of carbonyl (C=O) groups is 3. The van der Waals surface area contributed by atoms with Gasteiger partial charge in [-0.05, 0) is 29.8 Å². The highest BCUT2D eigenvalue weighted by Gasteiger charge is 2.72. The second-order valence-electron chi connectivity index (χ2n) is 11.0. The summed E-state index contributed by atoms with van der Waals surface area (Å²) < 4.78 is 11.4. The van der Waals surface area contributed by atoms with Crippen LogP contribution in [0.15, 0.2) is 97.1 Å². The number of para-hydroxylation sites is 1. The number of nitro groups is 1. The van der Waals surface area contributed by atoms with Crippen molar-refractivity contribution in [1.29, 1.82) is 0 Å². The van der Waals surface area contributed by atoms with Crippen LogP contribution in [0.3, 0.4) is 0 Å². The average Bonchev–Trinajstić information content (AvgIpc) is 3.50. The molecule has 1 spiro atoms. The number of hydrogen-bond donors (Lipinski definition) is 0. The van der Waals surface area contributed by atoms with E-state index in [0.717, 1.165) is 5.56 Å². The van der Waals surface area contributed by atoms with Crippen LogP contribution in [0, 0.1) is 15.5 Å². The Kier molecular flexibility index (Phi) is 6.21. The van der Waals surface area contributed by atoms with E-state index >= 15 is 0 Å². The van der Waals surface area contributed by atoms with Gasteiger partial charge in [-0.3, -0.25) is 24.5 Å². The molecule has 0 saturated carbocycles. The fourth-order valence-electron chi connectivity index (χ4n) is 7.29. The van der Waals surface area contributed by atoms with Gasteiger partial charge in [-0.15, -0.1) is 0 Å². The van der Waals surface area contributed by atoms with Gasteiger partial charge in [0.1, 0.15) is 23.0 Å². The Bertz CT molecular complexity index is 1890. The van der Waals surface area contributed by atoms with E-state index in [9.17, 15) is 24.5 Å². The SMILES string of the molecule is COc1ccc(OC)c([C@@H]2[C@H](C(=O)c3cccc([N+](=O)[O-])c3)N3c4ccccc4C=C[C@H]3C23C(=O)c2ccccc2C3=O)c1. The smallest absolute Gasteiger partial charge is 0.270 e. The van der Waals surface area contributed by atoms with Crippen molar-refractivity contribution in [1.82, 2.24) is 0 Å². The number of anilines is 1. The minimum Gasteiger partial charge on any atom is -0.497 e. The Balaban J connectivity index is 1.58. The van der Waals surface area contributed by atoms with Crippen molar-refractivity contribution in [3.05, 3.63) is 135 Å². The van der Waals surface area contributed by atoms with Gasteiger partial charge in [0, 0.05) is 46.0 Å². The molecule has 7 rings (SSSR count). The molecule has 0 bridgehead atoms. The zero-order chi connectivity index (χ0) is 30.7. The third kappa shape index (κ3) is 3.62. The van der Waals surface area contributed by atoms with E-state index < -0.39 is 34.1 Å². The molecule has 4 aromatic rings. The molecule has 4 aromatic carbocycles. The molecule has 2 heterocycles. The van der Waals surface area contributed by atoms with E-state index in [1.54, 1.807) is 42.5 Å². The second-order valence-corrected chi connectivity index (χ2v) is 11.0. The normalized spacial score (nSPS) is 20.7. The molecule has 0 unspecified atom stereocenters. The van der Waals surface area contributed by atoms with Crippen LogP contribution in [0.1, 0.15) is 48.1 Å². The van der Waals surface area contributed by atoms with E-state index in [4.69, 9.17) is 9.47 Å². The summed E-state index contributed by atoms with van der Waals surface area (Å²) in [5, 5.41) is 11.7. The summed E-state index contributed by atoms with van der Waals surface area (Å²) >= 11 is 0. The summed E-state index contributed by atoms with van der Waals surface area (Å²) in [5.74, 6) is -1.48. The summed E-state index contributed by atoms with van der Waals surface area (Å²) in [4.78, 5) is 57.5. The van der Waals surface area contributed by atoms with Gasteiger partial charge >= 0.3 is 0 Å². The predicted octanol–water partition coefficient (Wildman–Crippen LogP) is 5.93. The molecular formula is C35H26N2O7. The van der Waals surface area contributed by atoms with Gasteiger partial charge in [-0.2, -0.15) is 0 Å². The van der Waals surface area contributed by atoms with Crippen molar-refractivity contribution >= 4 is 34.8 Å². The molecule has 44 heavy (non-hydrogen) atoms. The van der Waals surface area contributed by atoms with Crippen molar-refractivity contribution in [3.63, 3.8) is 0 Å². The molecule has 218 valence electrons. The molecule has 1 saturated heterocycles. The lowest BCUT2D eigenvalue weighted by Crippen LogP contribution is -2.48. The van der Waals surface area contributed by atoms with Crippen LogP contribution in [-0.4, -0.2) is 48.6 Å². The summed E-state index contributed by atoms with van der Waals surface area (Å²) in [7, 11) is 2.99. The van der Waals surface area contributed by atoms with E-state index in [0.29, 0.717) is 33.9 Å². The molecule has 0 aromatic heterocycles. The number of benzene rings is 4. The molecule has 0 N–H and O–H groups in total. The maximum absolute atomic E-state index is 14.9. The number of nitrogens with zero attached hydrogens (tertiary/aromatic N) is 2. The van der Waals surface area contributed by atoms with Crippen molar-refractivity contribution < 1.29 is 28.8 Å². The lowest BCUT2D eigenvalue weighted by molar-refractivity contribution is -0.384. The third-order valence-electron chi connectivity index (χ3n) is 9.10. The van der Waals surface area contributed by atoms with Gasteiger partial charge < -0.3 is 14.4 Å². The number of hydrogen-bond acceptors (Lipinski definition) is 8. The molecule has 9 nitrogen and oxygen atoms in total. The fraction of sp³-hybridized carbons (Fsp3) is 0.171. The molecule has 0 amide bonds. The monoisotopic (exact) mass is 586 g/mol. The van der Waals surface area contributed by atoms with Gasteiger partial charge in [0.2, 0.25) is 0 Å². The highest BCUT2D eigenvalue weighted by molar-refractivity contribution is 6.32. The topological polar surface area (TPSA) is 116 Å². The lowest BCUT2D eigenvalue weighted by atomic mass is 9.64. The Hall–Kier alpha value is -5.57. The first-order valence-electron chi connectivity index (χ1n) is 14.1. The standard InChI is InChI=1S/C35H26N2O7/c1-43-23-15-16-28(44-2)26(19-23)30-31(32(38)21-9-7-10-22(18-21)37(41)42)36-27-13-6-3-8-20(27)14-17-29(36)35(30)33(39)24-11-4-5-12-25(24)34(35)40/h3-19,29-31H,1-2H3/t29-,30+,31+/m0/s1. The lowest BCUT2D eigenvalue weighted by Gasteiger charge is -2.37. The van der Waals surface area contributed by atoms with Crippen LogP contribution in [0.5, 0.6) is 11.5 Å². The number of ether oxygens (including phenoxy) is 2. The quantitative estimate of drug-likeness (QED) is 0.118. The van der Waals surface area contributed by atoms with E-state index in [-0.39, 0.29) is 22.8 Å². The largest absolute Gasteiger partial charge is 0.497 e. The second kappa shape index (κ2) is 10.0. The molecule has 3 aliphatic rings. The molecule has 2 aliphatic heterocycles. The maximum Gasteiger partial charge on any atom is 0.270 e. The van der Waals surface area contributed by atoms with Crippen LogP contribution in [0.2, 0.25) is 0 Å². The molecule has 1 aliphatic carbocycles. The summed E-state index contributed by atoms with van der Waals surface area (Å²) in [6.45, 7) is 0. The zero-order valence-electron chi connectivity index (χ0n) is 23.8. The first kappa shape index (κ1) is 27.3. The first-order valence-corrected chi connectivity index (χ1v) is 14.1. The predicted molar refractivity (Wildman–Crippen MR) is 163 cm³/mol. The van der Waals surface area contributed by atoms with Crippen molar-refractivity contribution in [2.45, 2.75) is 18.0 Å². The van der Waals surface area contributed by atoms with E-state index in [2.05, 4.69) is 0 Å². The summed E-state index contributed by atoms with van der Waals surface area (Å²) in [5.41, 5.74) is 0.609. The number of nitro benzene ring substituents is 1. The summed E-state index contributed by atoms with van der Waals surface area (Å²) in [6.07, 6.45) is 3.70. The van der Waals surface area contributed by atoms with Crippen LogP contribution in [-0.2, 0) is 0 Å². The van der Waals surface area contributed by atoms with Gasteiger partial charge in [-0.1, -0.05) is 66.7 Å². The number of carbonyl (C=O) groups excluding carboxylic acids is 3. The van der Waals surface area contributed by atoms with Crippen LogP contribution in [0.4, 0.5) is 11.4 Å². The maximum atomic E-state index is 14.9. The first-order chi connectivity index (χ1) is 21.3. The Morgan fingerprint density at radius 3 is 2.25 bits per heavy atom. The van der Waals surface area contributed by atoms with Crippen LogP contribution >= 0.6 is 0 Å². The van der Waals surface area contributed by atoms with E-state index in [1.807, 2.05) is 41.3 Å². The highest BCUT2D eigenvalue weighted by atomic mass is 16.6. The van der Waals surface area contributed by atoms with Crippen molar-refractivity contribution in [3.8, 4) is 11.5 Å². The Morgan fingerprint density at radius 1 is 0.864 bits per heavy atom. The number of methoxy groups -OCH3 is 2. The fourth-order valence-corrected chi connectivity index (χ4v) is 7.29. The Labute approximate surface area is 252 Å². The number of fused-ring (bicyclic) bond motifs is 5. The zero-order valence-corrected chi connectivity index (χ0v) is 23.8. The van der Waals surface area contributed by atoms with Gasteiger partial charge in [-0.25, -0.2) is 0 Å². The number of Topliss-reactive ketones (excluding diaryl/α,β-unsaturated/α-hetero) is 3. The molecule has 1 fully saturated rings. The minimum atomic E-state index is -1.76. The Morgan fingerprint density at radius 2 is 1.57 bits per heavy atom. The molecule has 9 heteroatoms. The minimum absolute atomic E-state index is 0.0920. The van der Waals surface area contributed by atoms with Gasteiger partial charge in [0.05, 0.1) is 25.2 Å². The number of non-ortho nitro benzene ring substituents is 1. The van der Waals surface area contributed by atoms with Crippen LogP contribution < -0.4 is 14.4 Å². The van der Waals surface area contributed by atoms with Gasteiger partial charge in [0.15, 0.2) is 17.3 Å². The molecular weight excluding hydrogens is 560 g/mol. The van der Waals surface area contributed by atoms with Crippen molar-refractivity contribution in [2.75, 3.05) is 19.1 Å².